The molecule has 0 fully saturated rings. The highest BCUT2D eigenvalue weighted by Gasteiger charge is 2.17. The van der Waals surface area contributed by atoms with Gasteiger partial charge in [0.15, 0.2) is 11.5 Å². The fourth-order valence-electron chi connectivity index (χ4n) is 4.03. The van der Waals surface area contributed by atoms with Crippen molar-refractivity contribution in [3.8, 4) is 17.2 Å². The molecule has 0 saturated carbocycles. The third kappa shape index (κ3) is 4.24. The highest BCUT2D eigenvalue weighted by Crippen LogP contribution is 2.29. The molecule has 5 rings (SSSR count). The Morgan fingerprint density at radius 1 is 1.14 bits per heavy atom. The lowest BCUT2D eigenvalue weighted by Crippen LogP contribution is -2.09. The van der Waals surface area contributed by atoms with Gasteiger partial charge in [0, 0.05) is 17.6 Å². The largest absolute Gasteiger partial charge is 0.359 e. The first-order valence-electron chi connectivity index (χ1n) is 11.8. The Labute approximate surface area is 209 Å². The molecule has 0 radical (unpaired) electrons. The van der Waals surface area contributed by atoms with Gasteiger partial charge in [-0.1, -0.05) is 32.2 Å². The number of aromatic nitrogens is 7. The summed E-state index contributed by atoms with van der Waals surface area (Å²) in [5, 5.41) is 10.9. The summed E-state index contributed by atoms with van der Waals surface area (Å²) in [7, 11) is 0. The van der Waals surface area contributed by atoms with E-state index >= 15 is 0 Å². The molecule has 180 valence electrons. The first-order chi connectivity index (χ1) is 17.5. The summed E-state index contributed by atoms with van der Waals surface area (Å²) in [6.45, 7) is 14.0. The summed E-state index contributed by atoms with van der Waals surface area (Å²) < 4.78 is 1.98. The summed E-state index contributed by atoms with van der Waals surface area (Å²) in [5.41, 5.74) is 9.45. The van der Waals surface area contributed by atoms with Crippen LogP contribution in [0.4, 0.5) is 0 Å². The van der Waals surface area contributed by atoms with Gasteiger partial charge in [0.25, 0.3) is 0 Å². The maximum Gasteiger partial charge on any atom is 0.161 e. The molecule has 0 amide bonds. The molecule has 8 heteroatoms. The quantitative estimate of drug-likeness (QED) is 0.239. The molecule has 36 heavy (non-hydrogen) atoms. The number of nitrogens with zero attached hydrogens (tertiary/aromatic N) is 5. The van der Waals surface area contributed by atoms with Crippen LogP contribution in [0.5, 0.6) is 0 Å². The minimum atomic E-state index is 0.649. The van der Waals surface area contributed by atoms with Crippen LogP contribution in [0.15, 0.2) is 85.6 Å². The number of aromatic amines is 2. The van der Waals surface area contributed by atoms with E-state index in [1.54, 1.807) is 12.4 Å². The van der Waals surface area contributed by atoms with E-state index in [1.807, 2.05) is 67.1 Å². The molecule has 0 atom stereocenters. The van der Waals surface area contributed by atoms with Crippen LogP contribution < -0.4 is 5.32 Å². The molecule has 0 unspecified atom stereocenters. The minimum absolute atomic E-state index is 0.649. The van der Waals surface area contributed by atoms with Gasteiger partial charge in [-0.15, -0.1) is 0 Å². The standard InChI is InChI=1S/C28H28N8/c1-6-17(4)30-20(8-3)14-19(7-2)21-12-13-23-26(31-21)27(35-34-23)28-32-22-10-9-11-24(25(22)33-28)36-15-18(5)29-16-36/h7-16,30H,3-4,6H2,1-2,5H3,(H,32,33)(H,34,35)/b19-7+,20-14+. The van der Waals surface area contributed by atoms with E-state index < -0.39 is 0 Å². The number of imidazole rings is 2. The Balaban J connectivity index is 1.57. The van der Waals surface area contributed by atoms with Crippen LogP contribution >= 0.6 is 0 Å². The molecule has 0 spiro atoms. The highest BCUT2D eigenvalue weighted by atomic mass is 15.2. The first-order valence-corrected chi connectivity index (χ1v) is 11.8. The van der Waals surface area contributed by atoms with Crippen LogP contribution in [0.25, 0.3) is 44.8 Å². The van der Waals surface area contributed by atoms with Crippen molar-refractivity contribution >= 4 is 27.6 Å². The predicted octanol–water partition coefficient (Wildman–Crippen LogP) is 5.98. The van der Waals surface area contributed by atoms with Crippen LogP contribution in [0.1, 0.15) is 31.7 Å². The Kier molecular flexibility index (Phi) is 6.08. The molecule has 0 aliphatic heterocycles. The summed E-state index contributed by atoms with van der Waals surface area (Å²) in [4.78, 5) is 17.6. The fourth-order valence-corrected chi connectivity index (χ4v) is 4.03. The zero-order chi connectivity index (χ0) is 25.2. The third-order valence-corrected chi connectivity index (χ3v) is 6.00. The maximum atomic E-state index is 4.96. The number of aryl methyl sites for hydroxylation is 1. The first kappa shape index (κ1) is 23.0. The van der Waals surface area contributed by atoms with E-state index in [1.165, 1.54) is 0 Å². The molecule has 0 aliphatic carbocycles. The second-order valence-electron chi connectivity index (χ2n) is 8.48. The fraction of sp³-hybridized carbons (Fsp3) is 0.143. The van der Waals surface area contributed by atoms with Gasteiger partial charge in [0.2, 0.25) is 0 Å². The monoisotopic (exact) mass is 476 g/mol. The average Bonchev–Trinajstić information content (AvgIpc) is 3.63. The summed E-state index contributed by atoms with van der Waals surface area (Å²) >= 11 is 0. The maximum absolute atomic E-state index is 4.96. The molecule has 3 N–H and O–H groups in total. The molecule has 0 bridgehead atoms. The number of nitrogens with one attached hydrogen (secondary N) is 3. The molecule has 8 nitrogen and oxygen atoms in total. The number of allylic oxidation sites excluding steroid dienone is 5. The molecule has 0 aliphatic rings. The van der Waals surface area contributed by atoms with Crippen molar-refractivity contribution < 1.29 is 0 Å². The second-order valence-corrected chi connectivity index (χ2v) is 8.48. The molecule has 5 aromatic rings. The zero-order valence-corrected chi connectivity index (χ0v) is 20.6. The average molecular weight is 477 g/mol. The van der Waals surface area contributed by atoms with E-state index in [4.69, 9.17) is 9.97 Å². The van der Waals surface area contributed by atoms with Crippen molar-refractivity contribution in [1.29, 1.82) is 0 Å². The van der Waals surface area contributed by atoms with Gasteiger partial charge in [0.1, 0.15) is 11.0 Å². The van der Waals surface area contributed by atoms with Crippen LogP contribution in [0.3, 0.4) is 0 Å². The molecule has 0 saturated heterocycles. The van der Waals surface area contributed by atoms with Crippen LogP contribution in [-0.4, -0.2) is 34.7 Å². The number of rotatable bonds is 8. The lowest BCUT2D eigenvalue weighted by atomic mass is 10.1. The van der Waals surface area contributed by atoms with Gasteiger partial charge in [-0.05, 0) is 62.3 Å². The van der Waals surface area contributed by atoms with E-state index in [0.29, 0.717) is 11.5 Å². The Morgan fingerprint density at radius 2 is 2.00 bits per heavy atom. The number of para-hydroxylation sites is 1. The van der Waals surface area contributed by atoms with E-state index in [0.717, 1.165) is 62.5 Å². The minimum Gasteiger partial charge on any atom is -0.359 e. The van der Waals surface area contributed by atoms with Gasteiger partial charge >= 0.3 is 0 Å². The van der Waals surface area contributed by atoms with Crippen molar-refractivity contribution in [2.75, 3.05) is 0 Å². The van der Waals surface area contributed by atoms with Crippen molar-refractivity contribution in [2.24, 2.45) is 0 Å². The Morgan fingerprint density at radius 3 is 2.72 bits per heavy atom. The van der Waals surface area contributed by atoms with E-state index in [-0.39, 0.29) is 0 Å². The van der Waals surface area contributed by atoms with Crippen molar-refractivity contribution in [1.82, 2.24) is 40.0 Å². The van der Waals surface area contributed by atoms with Gasteiger partial charge in [-0.3, -0.25) is 5.10 Å². The third-order valence-electron chi connectivity index (χ3n) is 6.00. The lowest BCUT2D eigenvalue weighted by molar-refractivity contribution is 0.920. The Hall–Kier alpha value is -4.72. The predicted molar refractivity (Wildman–Crippen MR) is 145 cm³/mol. The SMILES string of the molecule is C=C/C(=C\C(=C/C)c1ccc2[nH]nc(-c3nc4c(-n5cnc(C)c5)cccc4[nH]3)c2n1)NC(=C)CC. The normalized spacial score (nSPS) is 12.4. The number of H-pyrrole nitrogens is 2. The number of fused-ring (bicyclic) bond motifs is 2. The van der Waals surface area contributed by atoms with Crippen LogP contribution in [-0.2, 0) is 0 Å². The van der Waals surface area contributed by atoms with Gasteiger partial charge in [-0.2, -0.15) is 5.10 Å². The van der Waals surface area contributed by atoms with Crippen molar-refractivity contribution in [3.05, 3.63) is 97.0 Å². The number of pyridine rings is 1. The van der Waals surface area contributed by atoms with Gasteiger partial charge < -0.3 is 14.9 Å². The smallest absolute Gasteiger partial charge is 0.161 e. The van der Waals surface area contributed by atoms with Gasteiger partial charge in [-0.25, -0.2) is 15.0 Å². The zero-order valence-electron chi connectivity index (χ0n) is 20.6. The molecule has 4 aromatic heterocycles. The second kappa shape index (κ2) is 9.50. The van der Waals surface area contributed by atoms with Crippen LogP contribution in [0.2, 0.25) is 0 Å². The van der Waals surface area contributed by atoms with Crippen molar-refractivity contribution in [2.45, 2.75) is 27.2 Å². The Bertz CT molecular complexity index is 1660. The molecular formula is C28H28N8. The number of benzene rings is 1. The molecule has 1 aromatic carbocycles. The van der Waals surface area contributed by atoms with Gasteiger partial charge in [0.05, 0.1) is 34.4 Å². The summed E-state index contributed by atoms with van der Waals surface area (Å²) in [5.74, 6) is 0.649. The lowest BCUT2D eigenvalue weighted by Gasteiger charge is -2.10. The topological polar surface area (TPSA) is 100 Å². The number of hydrogen-bond acceptors (Lipinski definition) is 5. The highest BCUT2D eigenvalue weighted by molar-refractivity contribution is 5.93. The van der Waals surface area contributed by atoms with Crippen molar-refractivity contribution in [3.63, 3.8) is 0 Å². The van der Waals surface area contributed by atoms with Crippen LogP contribution in [0, 0.1) is 6.92 Å². The molecular weight excluding hydrogens is 448 g/mol. The number of hydrogen-bond donors (Lipinski definition) is 3. The summed E-state index contributed by atoms with van der Waals surface area (Å²) in [6, 6.07) is 9.99. The summed E-state index contributed by atoms with van der Waals surface area (Å²) in [6.07, 6.45) is 10.4. The molecule has 4 heterocycles. The van der Waals surface area contributed by atoms with E-state index in [2.05, 4.69) is 45.6 Å². The van der Waals surface area contributed by atoms with E-state index in [9.17, 15) is 0 Å².